The summed E-state index contributed by atoms with van der Waals surface area (Å²) in [4.78, 5) is 22.2. The number of hydrogen-bond donors (Lipinski definition) is 2. The van der Waals surface area contributed by atoms with Crippen molar-refractivity contribution in [1.82, 2.24) is 14.9 Å². The molecule has 3 rings (SSSR count). The van der Waals surface area contributed by atoms with Crippen LogP contribution < -0.4 is 0 Å². The van der Waals surface area contributed by atoms with Gasteiger partial charge < -0.3 is 10.1 Å². The molecule has 7 heteroatoms. The second kappa shape index (κ2) is 6.40. The summed E-state index contributed by atoms with van der Waals surface area (Å²) in [7, 11) is 0. The second-order valence-corrected chi connectivity index (χ2v) is 7.11. The van der Waals surface area contributed by atoms with Crippen molar-refractivity contribution in [2.75, 3.05) is 13.1 Å². The normalized spacial score (nSPS) is 17.0. The van der Waals surface area contributed by atoms with Crippen molar-refractivity contribution in [2.24, 2.45) is 0 Å². The van der Waals surface area contributed by atoms with E-state index in [-0.39, 0.29) is 5.69 Å². The highest BCUT2D eigenvalue weighted by molar-refractivity contribution is 7.10. The summed E-state index contributed by atoms with van der Waals surface area (Å²) in [5.74, 6) is 0.163. The number of aryl methyl sites for hydroxylation is 1. The third-order valence-electron chi connectivity index (χ3n) is 4.08. The number of thiophene rings is 1. The molecule has 1 aliphatic heterocycles. The van der Waals surface area contributed by atoms with E-state index in [0.29, 0.717) is 11.6 Å². The number of aromatic nitrogens is 2. The standard InChI is InChI=1S/C15H18ClN3O2S/c1-9-13(15(20)21)18-14(17-9)10-2-4-19(5-3-10)7-12-6-11(16)8-22-12/h6,8,10H,2-5,7H2,1H3,(H,17,18)(H,20,21). The molecule has 5 nitrogen and oxygen atoms in total. The Morgan fingerprint density at radius 1 is 1.55 bits per heavy atom. The third-order valence-corrected chi connectivity index (χ3v) is 5.35. The van der Waals surface area contributed by atoms with Crippen LogP contribution in [0.4, 0.5) is 0 Å². The summed E-state index contributed by atoms with van der Waals surface area (Å²) in [5.41, 5.74) is 0.781. The zero-order valence-corrected chi connectivity index (χ0v) is 13.9. The van der Waals surface area contributed by atoms with Gasteiger partial charge in [-0.15, -0.1) is 11.3 Å². The van der Waals surface area contributed by atoms with E-state index in [1.54, 1.807) is 18.3 Å². The summed E-state index contributed by atoms with van der Waals surface area (Å²) in [6, 6.07) is 2.02. The number of halogens is 1. The highest BCUT2D eigenvalue weighted by Crippen LogP contribution is 2.29. The number of hydrogen-bond acceptors (Lipinski definition) is 4. The van der Waals surface area contributed by atoms with Gasteiger partial charge in [-0.1, -0.05) is 11.6 Å². The van der Waals surface area contributed by atoms with Crippen molar-refractivity contribution < 1.29 is 9.90 Å². The second-order valence-electron chi connectivity index (χ2n) is 5.68. The Labute approximate surface area is 137 Å². The molecule has 0 aromatic carbocycles. The number of H-pyrrole nitrogens is 1. The molecule has 2 aromatic rings. The van der Waals surface area contributed by atoms with Crippen LogP contribution in [0.3, 0.4) is 0 Å². The Bertz CT molecular complexity index is 674. The number of imidazole rings is 1. The van der Waals surface area contributed by atoms with Gasteiger partial charge in [0.15, 0.2) is 5.69 Å². The first kappa shape index (κ1) is 15.5. The van der Waals surface area contributed by atoms with Gasteiger partial charge in [-0.3, -0.25) is 4.90 Å². The van der Waals surface area contributed by atoms with Crippen molar-refractivity contribution >= 4 is 28.9 Å². The van der Waals surface area contributed by atoms with E-state index in [1.807, 2.05) is 11.4 Å². The molecule has 0 radical (unpaired) electrons. The maximum absolute atomic E-state index is 11.1. The van der Waals surface area contributed by atoms with E-state index < -0.39 is 5.97 Å². The van der Waals surface area contributed by atoms with Crippen LogP contribution in [0.1, 0.15) is 45.6 Å². The molecule has 1 aliphatic rings. The zero-order valence-electron chi connectivity index (χ0n) is 12.3. The molecule has 2 aromatic heterocycles. The molecule has 0 saturated carbocycles. The van der Waals surface area contributed by atoms with E-state index >= 15 is 0 Å². The van der Waals surface area contributed by atoms with Gasteiger partial charge in [-0.05, 0) is 38.9 Å². The van der Waals surface area contributed by atoms with Gasteiger partial charge in [-0.25, -0.2) is 9.78 Å². The molecule has 2 N–H and O–H groups in total. The molecule has 3 heterocycles. The molecular weight excluding hydrogens is 322 g/mol. The van der Waals surface area contributed by atoms with Gasteiger partial charge in [0.1, 0.15) is 5.82 Å². The number of carboxylic acid groups (broad SMARTS) is 1. The number of nitrogens with zero attached hydrogens (tertiary/aromatic N) is 2. The topological polar surface area (TPSA) is 69.2 Å². The number of aromatic carboxylic acids is 1. The Hall–Kier alpha value is -1.37. The fraction of sp³-hybridized carbons (Fsp3) is 0.467. The number of carbonyl (C=O) groups is 1. The van der Waals surface area contributed by atoms with E-state index in [0.717, 1.165) is 43.3 Å². The molecule has 0 aliphatic carbocycles. The molecule has 22 heavy (non-hydrogen) atoms. The summed E-state index contributed by atoms with van der Waals surface area (Å²) >= 11 is 7.65. The number of carboxylic acids is 1. The third kappa shape index (κ3) is 3.34. The number of likely N-dealkylation sites (tertiary alicyclic amines) is 1. The molecule has 0 spiro atoms. The maximum Gasteiger partial charge on any atom is 0.356 e. The van der Waals surface area contributed by atoms with Gasteiger partial charge in [0.05, 0.1) is 5.02 Å². The number of nitrogens with one attached hydrogen (secondary N) is 1. The lowest BCUT2D eigenvalue weighted by Gasteiger charge is -2.30. The lowest BCUT2D eigenvalue weighted by atomic mass is 9.96. The van der Waals surface area contributed by atoms with Gasteiger partial charge in [0.25, 0.3) is 0 Å². The Morgan fingerprint density at radius 2 is 2.27 bits per heavy atom. The SMILES string of the molecule is Cc1[nH]c(C2CCN(Cc3cc(Cl)cs3)CC2)nc1C(=O)O. The van der Waals surface area contributed by atoms with Crippen LogP contribution >= 0.6 is 22.9 Å². The predicted octanol–water partition coefficient (Wildman–Crippen LogP) is 3.51. The number of aromatic amines is 1. The number of piperidine rings is 1. The first-order chi connectivity index (χ1) is 10.5. The molecule has 1 saturated heterocycles. The molecule has 1 fully saturated rings. The van der Waals surface area contributed by atoms with Crippen molar-refractivity contribution in [3.8, 4) is 0 Å². The van der Waals surface area contributed by atoms with Crippen LogP contribution in [0.25, 0.3) is 0 Å². The van der Waals surface area contributed by atoms with Gasteiger partial charge >= 0.3 is 5.97 Å². The molecule has 0 unspecified atom stereocenters. The predicted molar refractivity (Wildman–Crippen MR) is 86.9 cm³/mol. The van der Waals surface area contributed by atoms with Crippen molar-refractivity contribution in [2.45, 2.75) is 32.2 Å². The van der Waals surface area contributed by atoms with Crippen LogP contribution in [-0.4, -0.2) is 39.0 Å². The van der Waals surface area contributed by atoms with E-state index in [9.17, 15) is 4.79 Å². The molecule has 118 valence electrons. The Balaban J connectivity index is 1.59. The summed E-state index contributed by atoms with van der Waals surface area (Å²) in [5, 5.41) is 11.9. The van der Waals surface area contributed by atoms with Crippen LogP contribution in [-0.2, 0) is 6.54 Å². The van der Waals surface area contributed by atoms with Crippen molar-refractivity contribution in [3.63, 3.8) is 0 Å². The van der Waals surface area contributed by atoms with Crippen LogP contribution in [0.5, 0.6) is 0 Å². The highest BCUT2D eigenvalue weighted by atomic mass is 35.5. The Kier molecular flexibility index (Phi) is 4.52. The van der Waals surface area contributed by atoms with Crippen LogP contribution in [0, 0.1) is 6.92 Å². The number of rotatable bonds is 4. The first-order valence-corrected chi connectivity index (χ1v) is 8.53. The van der Waals surface area contributed by atoms with Crippen molar-refractivity contribution in [3.05, 3.63) is 38.6 Å². The summed E-state index contributed by atoms with van der Waals surface area (Å²) in [6.07, 6.45) is 1.98. The zero-order chi connectivity index (χ0) is 15.7. The van der Waals surface area contributed by atoms with Crippen molar-refractivity contribution in [1.29, 1.82) is 0 Å². The lowest BCUT2D eigenvalue weighted by molar-refractivity contribution is 0.0690. The quantitative estimate of drug-likeness (QED) is 0.894. The van der Waals surface area contributed by atoms with Crippen LogP contribution in [0.2, 0.25) is 5.02 Å². The molecule has 0 amide bonds. The molecule has 0 atom stereocenters. The average Bonchev–Trinajstić information content (AvgIpc) is 3.06. The summed E-state index contributed by atoms with van der Waals surface area (Å²) < 4.78 is 0. The minimum absolute atomic E-state index is 0.144. The largest absolute Gasteiger partial charge is 0.476 e. The Morgan fingerprint density at radius 3 is 2.82 bits per heavy atom. The maximum atomic E-state index is 11.1. The average molecular weight is 340 g/mol. The molecular formula is C15H18ClN3O2S. The van der Waals surface area contributed by atoms with Gasteiger partial charge in [-0.2, -0.15) is 0 Å². The molecule has 0 bridgehead atoms. The monoisotopic (exact) mass is 339 g/mol. The fourth-order valence-electron chi connectivity index (χ4n) is 2.91. The fourth-order valence-corrected chi connectivity index (χ4v) is 4.02. The van der Waals surface area contributed by atoms with Gasteiger partial charge in [0, 0.05) is 28.4 Å². The van der Waals surface area contributed by atoms with E-state index in [2.05, 4.69) is 14.9 Å². The minimum Gasteiger partial charge on any atom is -0.476 e. The minimum atomic E-state index is -0.966. The summed E-state index contributed by atoms with van der Waals surface area (Å²) in [6.45, 7) is 4.67. The van der Waals surface area contributed by atoms with Gasteiger partial charge in [0.2, 0.25) is 0 Å². The highest BCUT2D eigenvalue weighted by Gasteiger charge is 2.25. The lowest BCUT2D eigenvalue weighted by Crippen LogP contribution is -2.32. The van der Waals surface area contributed by atoms with Crippen LogP contribution in [0.15, 0.2) is 11.4 Å². The smallest absolute Gasteiger partial charge is 0.356 e. The van der Waals surface area contributed by atoms with E-state index in [4.69, 9.17) is 16.7 Å². The van der Waals surface area contributed by atoms with E-state index in [1.165, 1.54) is 4.88 Å². The first-order valence-electron chi connectivity index (χ1n) is 7.28.